The molecule has 0 saturated carbocycles. The molecule has 0 heterocycles. The van der Waals surface area contributed by atoms with Crippen LogP contribution in [0.15, 0.2) is 66.7 Å². The molecule has 0 aliphatic heterocycles. The van der Waals surface area contributed by atoms with Crippen LogP contribution in [0, 0.1) is 0 Å². The van der Waals surface area contributed by atoms with E-state index >= 15 is 0 Å². The molecule has 0 fully saturated rings. The van der Waals surface area contributed by atoms with E-state index in [0.29, 0.717) is 6.42 Å². The van der Waals surface area contributed by atoms with Gasteiger partial charge in [-0.15, -0.1) is 0 Å². The predicted octanol–water partition coefficient (Wildman–Crippen LogP) is 3.05. The minimum atomic E-state index is -0.654. The largest absolute Gasteiger partial charge is 0.508 e. The molecule has 0 aliphatic rings. The van der Waals surface area contributed by atoms with Crippen molar-refractivity contribution in [1.82, 2.24) is 0 Å². The van der Waals surface area contributed by atoms with Crippen LogP contribution in [0.2, 0.25) is 0 Å². The fourth-order valence-electron chi connectivity index (χ4n) is 2.54. The van der Waals surface area contributed by atoms with Crippen LogP contribution in [-0.2, 0) is 11.2 Å². The number of nitrogens with one attached hydrogen (secondary N) is 1. The number of nitrogens with two attached hydrogens (primary N) is 1. The fourth-order valence-corrected chi connectivity index (χ4v) is 2.54. The van der Waals surface area contributed by atoms with Crippen LogP contribution in [-0.4, -0.2) is 17.1 Å². The Kier molecular flexibility index (Phi) is 4.26. The number of rotatable bonds is 4. The first-order valence-corrected chi connectivity index (χ1v) is 7.45. The lowest BCUT2D eigenvalue weighted by Crippen LogP contribution is -2.37. The van der Waals surface area contributed by atoms with E-state index in [1.54, 1.807) is 24.3 Å². The maximum atomic E-state index is 12.3. The van der Waals surface area contributed by atoms with Gasteiger partial charge in [0, 0.05) is 11.1 Å². The third-order valence-electron chi connectivity index (χ3n) is 3.78. The normalized spacial score (nSPS) is 12.0. The topological polar surface area (TPSA) is 75.3 Å². The average Bonchev–Trinajstić information content (AvgIpc) is 2.57. The van der Waals surface area contributed by atoms with E-state index in [9.17, 15) is 9.90 Å². The van der Waals surface area contributed by atoms with Crippen molar-refractivity contribution in [2.24, 2.45) is 5.73 Å². The monoisotopic (exact) mass is 306 g/mol. The number of phenolic OH excluding ortho intramolecular Hbond substituents is 1. The summed E-state index contributed by atoms with van der Waals surface area (Å²) in [5, 5.41) is 14.2. The summed E-state index contributed by atoms with van der Waals surface area (Å²) in [4.78, 5) is 12.3. The Labute approximate surface area is 134 Å². The molecule has 0 saturated heterocycles. The number of phenols is 1. The summed E-state index contributed by atoms with van der Waals surface area (Å²) in [5.74, 6) is -0.0306. The van der Waals surface area contributed by atoms with Crippen LogP contribution >= 0.6 is 0 Å². The number of anilines is 1. The van der Waals surface area contributed by atoms with Crippen LogP contribution in [0.4, 0.5) is 5.69 Å². The van der Waals surface area contributed by atoms with Gasteiger partial charge in [0.05, 0.1) is 6.04 Å². The first-order valence-electron chi connectivity index (χ1n) is 7.45. The third-order valence-corrected chi connectivity index (χ3v) is 3.78. The van der Waals surface area contributed by atoms with Crippen molar-refractivity contribution in [1.29, 1.82) is 0 Å². The first-order chi connectivity index (χ1) is 11.1. The van der Waals surface area contributed by atoms with Crippen LogP contribution < -0.4 is 11.1 Å². The van der Waals surface area contributed by atoms with Crippen molar-refractivity contribution < 1.29 is 9.90 Å². The second-order valence-corrected chi connectivity index (χ2v) is 5.49. The summed E-state index contributed by atoms with van der Waals surface area (Å²) in [6, 6.07) is 19.7. The molecule has 3 aromatic rings. The lowest BCUT2D eigenvalue weighted by molar-refractivity contribution is -0.117. The summed E-state index contributed by atoms with van der Waals surface area (Å²) >= 11 is 0. The molecular formula is C19H18N2O2. The Morgan fingerprint density at radius 3 is 2.48 bits per heavy atom. The average molecular weight is 306 g/mol. The van der Waals surface area contributed by atoms with E-state index in [-0.39, 0.29) is 11.7 Å². The van der Waals surface area contributed by atoms with Gasteiger partial charge in [-0.25, -0.2) is 0 Å². The number of carbonyl (C=O) groups is 1. The Balaban J connectivity index is 1.74. The molecule has 0 bridgehead atoms. The van der Waals surface area contributed by atoms with Crippen LogP contribution in [0.1, 0.15) is 5.56 Å². The highest BCUT2D eigenvalue weighted by Crippen LogP contribution is 2.23. The fraction of sp³-hybridized carbons (Fsp3) is 0.105. The van der Waals surface area contributed by atoms with Gasteiger partial charge in [0.25, 0.3) is 0 Å². The van der Waals surface area contributed by atoms with Crippen molar-refractivity contribution in [3.8, 4) is 5.75 Å². The SMILES string of the molecule is N[C@@H](Cc1ccc(O)cc1)C(=O)Nc1cccc2ccccc12. The van der Waals surface area contributed by atoms with Crippen molar-refractivity contribution in [2.75, 3.05) is 5.32 Å². The first kappa shape index (κ1) is 15.1. The number of amides is 1. The maximum Gasteiger partial charge on any atom is 0.241 e. The summed E-state index contributed by atoms with van der Waals surface area (Å²) in [6.45, 7) is 0. The number of hydrogen-bond acceptors (Lipinski definition) is 3. The zero-order chi connectivity index (χ0) is 16.2. The summed E-state index contributed by atoms with van der Waals surface area (Å²) in [6.07, 6.45) is 0.414. The predicted molar refractivity (Wildman–Crippen MR) is 92.4 cm³/mol. The van der Waals surface area contributed by atoms with Crippen molar-refractivity contribution in [3.05, 3.63) is 72.3 Å². The Morgan fingerprint density at radius 2 is 1.70 bits per heavy atom. The molecule has 0 radical (unpaired) electrons. The molecule has 0 spiro atoms. The van der Waals surface area contributed by atoms with Gasteiger partial charge in [-0.1, -0.05) is 48.5 Å². The second-order valence-electron chi connectivity index (χ2n) is 5.49. The Morgan fingerprint density at radius 1 is 1.00 bits per heavy atom. The van der Waals surface area contributed by atoms with Crippen molar-refractivity contribution in [2.45, 2.75) is 12.5 Å². The quantitative estimate of drug-likeness (QED) is 0.693. The number of hydrogen-bond donors (Lipinski definition) is 3. The molecule has 23 heavy (non-hydrogen) atoms. The molecule has 4 nitrogen and oxygen atoms in total. The van der Waals surface area contributed by atoms with Gasteiger partial charge >= 0.3 is 0 Å². The number of fused-ring (bicyclic) bond motifs is 1. The van der Waals surface area contributed by atoms with Gasteiger partial charge in [0.2, 0.25) is 5.91 Å². The Hall–Kier alpha value is -2.85. The highest BCUT2D eigenvalue weighted by Gasteiger charge is 2.15. The van der Waals surface area contributed by atoms with E-state index in [1.165, 1.54) is 0 Å². The third kappa shape index (κ3) is 3.49. The summed E-state index contributed by atoms with van der Waals surface area (Å²) in [7, 11) is 0. The number of aromatic hydroxyl groups is 1. The molecule has 3 rings (SSSR count). The molecule has 0 unspecified atom stereocenters. The standard InChI is InChI=1S/C19H18N2O2/c20-17(12-13-8-10-15(22)11-9-13)19(23)21-18-7-3-5-14-4-1-2-6-16(14)18/h1-11,17,22H,12,20H2,(H,21,23)/t17-/m0/s1. The number of benzene rings is 3. The maximum absolute atomic E-state index is 12.3. The van der Waals surface area contributed by atoms with E-state index in [2.05, 4.69) is 5.32 Å². The molecule has 4 heteroatoms. The molecular weight excluding hydrogens is 288 g/mol. The smallest absolute Gasteiger partial charge is 0.241 e. The van der Waals surface area contributed by atoms with E-state index in [1.807, 2.05) is 42.5 Å². The van der Waals surface area contributed by atoms with E-state index in [0.717, 1.165) is 22.0 Å². The summed E-state index contributed by atoms with van der Waals surface area (Å²) in [5.41, 5.74) is 7.67. The molecule has 1 atom stereocenters. The minimum absolute atomic E-state index is 0.197. The lowest BCUT2D eigenvalue weighted by atomic mass is 10.0. The van der Waals surface area contributed by atoms with E-state index < -0.39 is 6.04 Å². The molecule has 4 N–H and O–H groups in total. The van der Waals surface area contributed by atoms with Gasteiger partial charge < -0.3 is 16.2 Å². The van der Waals surface area contributed by atoms with Gasteiger partial charge in [-0.2, -0.15) is 0 Å². The van der Waals surface area contributed by atoms with Gasteiger partial charge in [-0.3, -0.25) is 4.79 Å². The second kappa shape index (κ2) is 6.50. The molecule has 0 aromatic heterocycles. The molecule has 116 valence electrons. The van der Waals surface area contributed by atoms with Crippen LogP contribution in [0.5, 0.6) is 5.75 Å². The van der Waals surface area contributed by atoms with E-state index in [4.69, 9.17) is 5.73 Å². The zero-order valence-corrected chi connectivity index (χ0v) is 12.6. The highest BCUT2D eigenvalue weighted by atomic mass is 16.3. The number of carbonyl (C=O) groups excluding carboxylic acids is 1. The van der Waals surface area contributed by atoms with Gasteiger partial charge in [0.15, 0.2) is 0 Å². The Bertz CT molecular complexity index is 823. The van der Waals surface area contributed by atoms with Crippen molar-refractivity contribution in [3.63, 3.8) is 0 Å². The zero-order valence-electron chi connectivity index (χ0n) is 12.6. The van der Waals surface area contributed by atoms with Gasteiger partial charge in [0.1, 0.15) is 5.75 Å². The summed E-state index contributed by atoms with van der Waals surface area (Å²) < 4.78 is 0. The van der Waals surface area contributed by atoms with Crippen LogP contribution in [0.25, 0.3) is 10.8 Å². The highest BCUT2D eigenvalue weighted by molar-refractivity contribution is 6.03. The molecule has 3 aromatic carbocycles. The minimum Gasteiger partial charge on any atom is -0.508 e. The molecule has 0 aliphatic carbocycles. The van der Waals surface area contributed by atoms with Crippen LogP contribution in [0.3, 0.4) is 0 Å². The van der Waals surface area contributed by atoms with Gasteiger partial charge in [-0.05, 0) is 35.6 Å². The lowest BCUT2D eigenvalue weighted by Gasteiger charge is -2.14. The van der Waals surface area contributed by atoms with Crippen molar-refractivity contribution >= 4 is 22.4 Å². The molecule has 1 amide bonds.